The van der Waals surface area contributed by atoms with Gasteiger partial charge in [0, 0.05) is 7.11 Å². The normalized spacial score (nSPS) is 12.0. The van der Waals surface area contributed by atoms with Crippen molar-refractivity contribution in [2.24, 2.45) is 0 Å². The fourth-order valence-electron chi connectivity index (χ4n) is 1.88. The summed E-state index contributed by atoms with van der Waals surface area (Å²) in [7, 11) is 0.412. The Bertz CT molecular complexity index is 125. The standard InChI is InChI=1S/C10H24OS3Si/c1-11-15(8-2-5-12,9-3-6-13)10-4-7-14/h12-14H,2-10H2,1H3. The molecule has 0 amide bonds. The van der Waals surface area contributed by atoms with E-state index in [2.05, 4.69) is 37.9 Å². The van der Waals surface area contributed by atoms with Crippen LogP contribution in [0.5, 0.6) is 0 Å². The molecule has 0 aliphatic rings. The van der Waals surface area contributed by atoms with Crippen molar-refractivity contribution >= 4 is 46.2 Å². The fourth-order valence-corrected chi connectivity index (χ4v) is 7.08. The van der Waals surface area contributed by atoms with Gasteiger partial charge in [-0.05, 0) is 54.7 Å². The van der Waals surface area contributed by atoms with Crippen LogP contribution in [-0.2, 0) is 4.43 Å². The van der Waals surface area contributed by atoms with Gasteiger partial charge in [-0.1, -0.05) is 0 Å². The molecule has 0 heterocycles. The molecule has 0 aromatic carbocycles. The van der Waals surface area contributed by atoms with Crippen LogP contribution in [-0.4, -0.2) is 32.7 Å². The lowest BCUT2D eigenvalue weighted by Crippen LogP contribution is -2.37. The van der Waals surface area contributed by atoms with E-state index >= 15 is 0 Å². The predicted molar refractivity (Wildman–Crippen MR) is 82.6 cm³/mol. The van der Waals surface area contributed by atoms with Crippen molar-refractivity contribution in [3.8, 4) is 0 Å². The summed E-state index contributed by atoms with van der Waals surface area (Å²) in [5.41, 5.74) is 0. The molecule has 0 aromatic heterocycles. The molecule has 0 radical (unpaired) electrons. The van der Waals surface area contributed by atoms with Crippen LogP contribution < -0.4 is 0 Å². The van der Waals surface area contributed by atoms with E-state index in [0.717, 1.165) is 17.3 Å². The maximum atomic E-state index is 5.88. The molecule has 0 saturated heterocycles. The highest BCUT2D eigenvalue weighted by Gasteiger charge is 2.31. The van der Waals surface area contributed by atoms with Gasteiger partial charge in [0.2, 0.25) is 0 Å². The van der Waals surface area contributed by atoms with Crippen molar-refractivity contribution in [2.45, 2.75) is 37.4 Å². The summed E-state index contributed by atoms with van der Waals surface area (Å²) in [5.74, 6) is 2.92. The Morgan fingerprint density at radius 2 is 1.13 bits per heavy atom. The topological polar surface area (TPSA) is 9.23 Å². The Hall–Kier alpha value is 1.23. The molecule has 0 atom stereocenters. The van der Waals surface area contributed by atoms with Gasteiger partial charge in [-0.3, -0.25) is 0 Å². The van der Waals surface area contributed by atoms with Gasteiger partial charge in [0.15, 0.2) is 8.32 Å². The van der Waals surface area contributed by atoms with Crippen molar-refractivity contribution in [3.63, 3.8) is 0 Å². The van der Waals surface area contributed by atoms with E-state index in [-0.39, 0.29) is 0 Å². The van der Waals surface area contributed by atoms with Gasteiger partial charge in [0.25, 0.3) is 0 Å². The molecule has 0 saturated carbocycles. The third kappa shape index (κ3) is 7.21. The van der Waals surface area contributed by atoms with Crippen molar-refractivity contribution in [1.29, 1.82) is 0 Å². The minimum Gasteiger partial charge on any atom is -0.420 e. The molecular weight excluding hydrogens is 260 g/mol. The molecule has 5 heteroatoms. The zero-order chi connectivity index (χ0) is 11.6. The monoisotopic (exact) mass is 284 g/mol. The highest BCUT2D eigenvalue weighted by Crippen LogP contribution is 2.27. The van der Waals surface area contributed by atoms with E-state index in [1.165, 1.54) is 37.4 Å². The van der Waals surface area contributed by atoms with E-state index in [0.29, 0.717) is 0 Å². The summed E-state index contributed by atoms with van der Waals surface area (Å²) in [6.07, 6.45) is 3.55. The van der Waals surface area contributed by atoms with E-state index < -0.39 is 8.32 Å². The molecule has 0 fully saturated rings. The lowest BCUT2D eigenvalue weighted by atomic mass is 10.5. The van der Waals surface area contributed by atoms with Gasteiger partial charge in [-0.15, -0.1) is 0 Å². The molecule has 0 rings (SSSR count). The number of hydrogen-bond donors (Lipinski definition) is 3. The van der Waals surface area contributed by atoms with Crippen LogP contribution in [0.1, 0.15) is 19.3 Å². The quantitative estimate of drug-likeness (QED) is 0.411. The zero-order valence-corrected chi connectivity index (χ0v) is 13.3. The highest BCUT2D eigenvalue weighted by atomic mass is 32.1. The first-order chi connectivity index (χ1) is 7.24. The molecule has 0 aliphatic heterocycles. The third-order valence-corrected chi connectivity index (χ3v) is 8.41. The summed E-state index contributed by atoms with van der Waals surface area (Å²) < 4.78 is 5.88. The first-order valence-electron chi connectivity index (χ1n) is 5.62. The largest absolute Gasteiger partial charge is 0.420 e. The Labute approximate surface area is 112 Å². The molecule has 1 nitrogen and oxygen atoms in total. The van der Waals surface area contributed by atoms with E-state index in [1.54, 1.807) is 0 Å². The first kappa shape index (κ1) is 16.2. The minimum absolute atomic E-state index is 0.972. The Morgan fingerprint density at radius 3 is 1.33 bits per heavy atom. The molecule has 0 aliphatic carbocycles. The molecule has 0 spiro atoms. The highest BCUT2D eigenvalue weighted by molar-refractivity contribution is 7.80. The summed E-state index contributed by atoms with van der Waals surface area (Å²) >= 11 is 12.9. The second-order valence-electron chi connectivity index (χ2n) is 3.87. The van der Waals surface area contributed by atoms with E-state index in [4.69, 9.17) is 4.43 Å². The molecule has 0 aromatic rings. The lowest BCUT2D eigenvalue weighted by Gasteiger charge is -2.29. The Kier molecular flexibility index (Phi) is 11.2. The summed E-state index contributed by atoms with van der Waals surface area (Å²) in [5, 5.41) is 0. The van der Waals surface area contributed by atoms with Crippen LogP contribution in [0.3, 0.4) is 0 Å². The average Bonchev–Trinajstić information content (AvgIpc) is 2.29. The van der Waals surface area contributed by atoms with Gasteiger partial charge < -0.3 is 4.43 Å². The average molecular weight is 285 g/mol. The van der Waals surface area contributed by atoms with Crippen molar-refractivity contribution < 1.29 is 4.43 Å². The van der Waals surface area contributed by atoms with Gasteiger partial charge >= 0.3 is 0 Å². The smallest absolute Gasteiger partial charge is 0.192 e. The summed E-state index contributed by atoms with van der Waals surface area (Å²) in [4.78, 5) is 0. The molecular formula is C10H24OS3Si. The molecule has 15 heavy (non-hydrogen) atoms. The number of hydrogen-bond acceptors (Lipinski definition) is 4. The van der Waals surface area contributed by atoms with E-state index in [1.807, 2.05) is 7.11 Å². The molecule has 0 N–H and O–H groups in total. The summed E-state index contributed by atoms with van der Waals surface area (Å²) in [6.45, 7) is 0. The number of rotatable bonds is 10. The van der Waals surface area contributed by atoms with E-state index in [9.17, 15) is 0 Å². The van der Waals surface area contributed by atoms with Crippen LogP contribution in [0.25, 0.3) is 0 Å². The van der Waals surface area contributed by atoms with Gasteiger partial charge in [-0.25, -0.2) is 0 Å². The van der Waals surface area contributed by atoms with Crippen molar-refractivity contribution in [2.75, 3.05) is 24.4 Å². The van der Waals surface area contributed by atoms with Crippen LogP contribution >= 0.6 is 37.9 Å². The number of thiol groups is 3. The second kappa shape index (κ2) is 10.4. The Morgan fingerprint density at radius 1 is 0.800 bits per heavy atom. The molecule has 0 bridgehead atoms. The SMILES string of the molecule is CO[Si](CCCS)(CCCS)CCCS. The first-order valence-corrected chi connectivity index (χ1v) is 10.0. The predicted octanol–water partition coefficient (Wildman–Crippen LogP) is 3.54. The maximum absolute atomic E-state index is 5.88. The third-order valence-electron chi connectivity index (χ3n) is 2.80. The van der Waals surface area contributed by atoms with Gasteiger partial charge in [-0.2, -0.15) is 37.9 Å². The van der Waals surface area contributed by atoms with Crippen LogP contribution in [0.4, 0.5) is 0 Å². The maximum Gasteiger partial charge on any atom is 0.192 e. The molecule has 92 valence electrons. The van der Waals surface area contributed by atoms with Gasteiger partial charge in [0.05, 0.1) is 0 Å². The van der Waals surface area contributed by atoms with Crippen LogP contribution in [0.2, 0.25) is 18.1 Å². The minimum atomic E-state index is -1.48. The van der Waals surface area contributed by atoms with Crippen molar-refractivity contribution in [3.05, 3.63) is 0 Å². The fraction of sp³-hybridized carbons (Fsp3) is 1.00. The van der Waals surface area contributed by atoms with Crippen LogP contribution in [0.15, 0.2) is 0 Å². The molecule has 0 unspecified atom stereocenters. The second-order valence-corrected chi connectivity index (χ2v) is 9.48. The van der Waals surface area contributed by atoms with Crippen LogP contribution in [0, 0.1) is 0 Å². The van der Waals surface area contributed by atoms with Crippen molar-refractivity contribution in [1.82, 2.24) is 0 Å². The van der Waals surface area contributed by atoms with Gasteiger partial charge in [0.1, 0.15) is 0 Å². The summed E-state index contributed by atoms with van der Waals surface area (Å²) in [6, 6.07) is 3.73. The Balaban J connectivity index is 4.16. The lowest BCUT2D eigenvalue weighted by molar-refractivity contribution is 0.386. The zero-order valence-electron chi connectivity index (χ0n) is 9.61.